The van der Waals surface area contributed by atoms with Gasteiger partial charge in [-0.05, 0) is 30.3 Å². The molecular weight excluding hydrogens is 281 g/mol. The maximum Gasteiger partial charge on any atom is 0.283 e. The van der Waals surface area contributed by atoms with Gasteiger partial charge in [-0.3, -0.25) is 0 Å². The number of nitrogen functional groups attached to an aromatic ring is 1. The summed E-state index contributed by atoms with van der Waals surface area (Å²) in [7, 11) is 0. The van der Waals surface area contributed by atoms with Gasteiger partial charge in [-0.2, -0.15) is 0 Å². The van der Waals surface area contributed by atoms with E-state index in [0.717, 1.165) is 0 Å². The fourth-order valence-electron chi connectivity index (χ4n) is 1.58. The summed E-state index contributed by atoms with van der Waals surface area (Å²) in [6, 6.07) is 7.70. The molecule has 7 heteroatoms. The van der Waals surface area contributed by atoms with E-state index in [4.69, 9.17) is 14.6 Å². The molecule has 0 bridgehead atoms. The van der Waals surface area contributed by atoms with Crippen LogP contribution < -0.4 is 5.73 Å². The molecular formula is C13H10FN3O2S. The molecule has 0 aliphatic rings. The second-order valence-electron chi connectivity index (χ2n) is 3.95. The van der Waals surface area contributed by atoms with Crippen LogP contribution in [0.15, 0.2) is 50.3 Å². The van der Waals surface area contributed by atoms with E-state index in [1.54, 1.807) is 12.1 Å². The predicted octanol–water partition coefficient (Wildman–Crippen LogP) is 3.34. The van der Waals surface area contributed by atoms with Crippen molar-refractivity contribution in [2.75, 3.05) is 5.73 Å². The SMILES string of the molecule is Nc1ccc(F)cc1SCc1nnc(-c2ccco2)o1. The Morgan fingerprint density at radius 1 is 1.25 bits per heavy atom. The molecule has 0 unspecified atom stereocenters. The van der Waals surface area contributed by atoms with E-state index in [1.807, 2.05) is 0 Å². The molecule has 3 aromatic rings. The van der Waals surface area contributed by atoms with Gasteiger partial charge in [-0.25, -0.2) is 4.39 Å². The number of nitrogens with two attached hydrogens (primary N) is 1. The Balaban J connectivity index is 1.71. The standard InChI is InChI=1S/C13H10FN3O2S/c14-8-3-4-9(15)11(6-8)20-7-12-16-17-13(19-12)10-2-1-5-18-10/h1-6H,7,15H2. The van der Waals surface area contributed by atoms with Crippen LogP contribution in [0.5, 0.6) is 0 Å². The van der Waals surface area contributed by atoms with E-state index in [1.165, 1.54) is 36.2 Å². The largest absolute Gasteiger partial charge is 0.459 e. The normalized spacial score (nSPS) is 10.8. The molecule has 0 saturated heterocycles. The first-order valence-corrected chi connectivity index (χ1v) is 6.75. The molecule has 2 aromatic heterocycles. The van der Waals surface area contributed by atoms with Crippen molar-refractivity contribution in [3.8, 4) is 11.7 Å². The van der Waals surface area contributed by atoms with Gasteiger partial charge in [0, 0.05) is 10.6 Å². The molecule has 2 heterocycles. The van der Waals surface area contributed by atoms with Crippen LogP contribution >= 0.6 is 11.8 Å². The molecule has 0 atom stereocenters. The molecule has 20 heavy (non-hydrogen) atoms. The van der Waals surface area contributed by atoms with Crippen molar-refractivity contribution in [2.45, 2.75) is 10.6 Å². The summed E-state index contributed by atoms with van der Waals surface area (Å²) in [6.07, 6.45) is 1.53. The fraction of sp³-hybridized carbons (Fsp3) is 0.0769. The second-order valence-corrected chi connectivity index (χ2v) is 4.97. The minimum Gasteiger partial charge on any atom is -0.459 e. The molecule has 0 amide bonds. The number of rotatable bonds is 4. The number of halogens is 1. The molecule has 1 aromatic carbocycles. The van der Waals surface area contributed by atoms with E-state index in [9.17, 15) is 4.39 Å². The van der Waals surface area contributed by atoms with Crippen LogP contribution in [0, 0.1) is 5.82 Å². The lowest BCUT2D eigenvalue weighted by molar-refractivity contribution is 0.494. The highest BCUT2D eigenvalue weighted by Gasteiger charge is 2.11. The first-order chi connectivity index (χ1) is 9.72. The maximum atomic E-state index is 13.1. The summed E-state index contributed by atoms with van der Waals surface area (Å²) in [6.45, 7) is 0. The third kappa shape index (κ3) is 2.67. The average Bonchev–Trinajstić information content (AvgIpc) is 3.09. The lowest BCUT2D eigenvalue weighted by Gasteiger charge is -2.03. The third-order valence-electron chi connectivity index (χ3n) is 2.53. The number of thioether (sulfide) groups is 1. The number of anilines is 1. The van der Waals surface area contributed by atoms with E-state index in [2.05, 4.69) is 10.2 Å². The van der Waals surface area contributed by atoms with Crippen molar-refractivity contribution in [3.05, 3.63) is 48.3 Å². The van der Waals surface area contributed by atoms with E-state index >= 15 is 0 Å². The third-order valence-corrected chi connectivity index (χ3v) is 3.58. The lowest BCUT2D eigenvalue weighted by atomic mass is 10.3. The Morgan fingerprint density at radius 2 is 2.15 bits per heavy atom. The summed E-state index contributed by atoms with van der Waals surface area (Å²) in [5, 5.41) is 7.79. The van der Waals surface area contributed by atoms with Gasteiger partial charge in [0.1, 0.15) is 5.82 Å². The Labute approximate surface area is 118 Å². The van der Waals surface area contributed by atoms with Gasteiger partial charge >= 0.3 is 0 Å². The Kier molecular flexibility index (Phi) is 3.42. The van der Waals surface area contributed by atoms with E-state index in [-0.39, 0.29) is 5.82 Å². The average molecular weight is 291 g/mol. The topological polar surface area (TPSA) is 78.1 Å². The van der Waals surface area contributed by atoms with Crippen LogP contribution in [0.2, 0.25) is 0 Å². The summed E-state index contributed by atoms with van der Waals surface area (Å²) < 4.78 is 23.7. The maximum absolute atomic E-state index is 13.1. The zero-order valence-electron chi connectivity index (χ0n) is 10.2. The lowest BCUT2D eigenvalue weighted by Crippen LogP contribution is -1.90. The molecule has 0 fully saturated rings. The highest BCUT2D eigenvalue weighted by molar-refractivity contribution is 7.98. The number of nitrogens with zero attached hydrogens (tertiary/aromatic N) is 2. The zero-order valence-corrected chi connectivity index (χ0v) is 11.1. The number of hydrogen-bond donors (Lipinski definition) is 1. The number of furan rings is 1. The van der Waals surface area contributed by atoms with E-state index in [0.29, 0.717) is 33.9 Å². The molecule has 0 aliphatic carbocycles. The van der Waals surface area contributed by atoms with Crippen LogP contribution in [0.4, 0.5) is 10.1 Å². The van der Waals surface area contributed by atoms with Crippen molar-refractivity contribution in [1.29, 1.82) is 0 Å². The fourth-order valence-corrected chi connectivity index (χ4v) is 2.41. The van der Waals surface area contributed by atoms with Crippen LogP contribution in [-0.2, 0) is 5.75 Å². The minimum atomic E-state index is -0.330. The summed E-state index contributed by atoms with van der Waals surface area (Å²) in [5.74, 6) is 1.33. The zero-order chi connectivity index (χ0) is 13.9. The van der Waals surface area contributed by atoms with Crippen LogP contribution in [-0.4, -0.2) is 10.2 Å². The second kappa shape index (κ2) is 5.38. The van der Waals surface area contributed by atoms with Gasteiger partial charge < -0.3 is 14.6 Å². The first-order valence-electron chi connectivity index (χ1n) is 5.76. The molecule has 0 radical (unpaired) electrons. The first kappa shape index (κ1) is 12.7. The van der Waals surface area contributed by atoms with Crippen LogP contribution in [0.1, 0.15) is 5.89 Å². The molecule has 0 spiro atoms. The van der Waals surface area contributed by atoms with Crippen molar-refractivity contribution >= 4 is 17.4 Å². The van der Waals surface area contributed by atoms with Gasteiger partial charge in [0.05, 0.1) is 12.0 Å². The Bertz CT molecular complexity index is 712. The molecule has 3 rings (SSSR count). The highest BCUT2D eigenvalue weighted by atomic mass is 32.2. The summed E-state index contributed by atoms with van der Waals surface area (Å²) in [5.41, 5.74) is 6.28. The molecule has 2 N–H and O–H groups in total. The predicted molar refractivity (Wildman–Crippen MR) is 72.4 cm³/mol. The quantitative estimate of drug-likeness (QED) is 0.586. The monoisotopic (exact) mass is 291 g/mol. The summed E-state index contributed by atoms with van der Waals surface area (Å²) in [4.78, 5) is 0.641. The molecule has 5 nitrogen and oxygen atoms in total. The van der Waals surface area contributed by atoms with Gasteiger partial charge in [0.15, 0.2) is 5.76 Å². The van der Waals surface area contributed by atoms with Gasteiger partial charge in [-0.1, -0.05) is 0 Å². The van der Waals surface area contributed by atoms with Crippen molar-refractivity contribution in [3.63, 3.8) is 0 Å². The van der Waals surface area contributed by atoms with Crippen molar-refractivity contribution in [2.24, 2.45) is 0 Å². The minimum absolute atomic E-state index is 0.317. The number of aromatic nitrogens is 2. The van der Waals surface area contributed by atoms with Crippen LogP contribution in [0.3, 0.4) is 0 Å². The van der Waals surface area contributed by atoms with E-state index < -0.39 is 0 Å². The molecule has 102 valence electrons. The molecule has 0 aliphatic heterocycles. The number of benzene rings is 1. The highest BCUT2D eigenvalue weighted by Crippen LogP contribution is 2.29. The van der Waals surface area contributed by atoms with Crippen LogP contribution in [0.25, 0.3) is 11.7 Å². The Morgan fingerprint density at radius 3 is 2.95 bits per heavy atom. The van der Waals surface area contributed by atoms with Gasteiger partial charge in [-0.15, -0.1) is 22.0 Å². The summed E-state index contributed by atoms with van der Waals surface area (Å²) >= 11 is 1.33. The smallest absolute Gasteiger partial charge is 0.283 e. The van der Waals surface area contributed by atoms with Crippen molar-refractivity contribution in [1.82, 2.24) is 10.2 Å². The van der Waals surface area contributed by atoms with Gasteiger partial charge in [0.2, 0.25) is 5.89 Å². The van der Waals surface area contributed by atoms with Gasteiger partial charge in [0.25, 0.3) is 5.89 Å². The van der Waals surface area contributed by atoms with Crippen molar-refractivity contribution < 1.29 is 13.2 Å². The molecule has 0 saturated carbocycles. The Hall–Kier alpha value is -2.28. The number of hydrogen-bond acceptors (Lipinski definition) is 6.